The number of primary amides is 1. The number of carbonyl (C=O) groups is 6. The largest absolute Gasteiger partial charge is 0.378 e. The van der Waals surface area contributed by atoms with E-state index in [0.717, 1.165) is 23.3 Å². The molecule has 0 bridgehead atoms. The Bertz CT molecular complexity index is 1170. The van der Waals surface area contributed by atoms with Gasteiger partial charge in [0, 0.05) is 38.3 Å². The van der Waals surface area contributed by atoms with Crippen molar-refractivity contribution in [3.8, 4) is 0 Å². The summed E-state index contributed by atoms with van der Waals surface area (Å²) in [5.41, 5.74) is 9.66. The van der Waals surface area contributed by atoms with Crippen LogP contribution >= 0.6 is 0 Å². The maximum absolute atomic E-state index is 12.7. The molecule has 0 spiro atoms. The number of carbonyl (C=O) groups excluding carboxylic acids is 6. The lowest BCUT2D eigenvalue weighted by Crippen LogP contribution is -2.57. The molecule has 3 rings (SSSR count). The predicted molar refractivity (Wildman–Crippen MR) is 142 cm³/mol. The van der Waals surface area contributed by atoms with Gasteiger partial charge in [-0.25, -0.2) is 9.80 Å². The van der Waals surface area contributed by atoms with Crippen LogP contribution in [-0.4, -0.2) is 102 Å². The zero-order valence-corrected chi connectivity index (χ0v) is 22.6. The second-order valence-corrected chi connectivity index (χ2v) is 9.48. The molecule has 0 radical (unpaired) electrons. The second kappa shape index (κ2) is 14.1. The molecule has 40 heavy (non-hydrogen) atoms. The Morgan fingerprint density at radius 2 is 1.57 bits per heavy atom. The molecular formula is C26H35N7O7. The normalized spacial score (nSPS) is 16.4. The first kappa shape index (κ1) is 30.1. The van der Waals surface area contributed by atoms with Crippen molar-refractivity contribution in [2.24, 2.45) is 5.73 Å². The van der Waals surface area contributed by atoms with Crippen LogP contribution < -0.4 is 21.8 Å². The molecule has 1 aromatic rings. The van der Waals surface area contributed by atoms with Gasteiger partial charge in [0.1, 0.15) is 18.6 Å². The number of hydrazine groups is 1. The molecule has 0 unspecified atom stereocenters. The highest BCUT2D eigenvalue weighted by Crippen LogP contribution is 2.18. The molecule has 5 N–H and O–H groups in total. The molecule has 2 heterocycles. The fourth-order valence-electron chi connectivity index (χ4n) is 4.09. The number of morpholine rings is 1. The molecule has 7 amide bonds. The van der Waals surface area contributed by atoms with Crippen LogP contribution in [0.2, 0.25) is 0 Å². The molecule has 1 fully saturated rings. The number of benzene rings is 1. The fraction of sp³-hybridized carbons (Fsp3) is 0.462. The van der Waals surface area contributed by atoms with Gasteiger partial charge < -0.3 is 30.9 Å². The van der Waals surface area contributed by atoms with Crippen molar-refractivity contribution in [2.45, 2.75) is 38.9 Å². The molecule has 1 saturated heterocycles. The number of nitrogens with two attached hydrogens (primary N) is 1. The van der Waals surface area contributed by atoms with Crippen molar-refractivity contribution in [3.05, 3.63) is 47.5 Å². The number of urea groups is 1. The van der Waals surface area contributed by atoms with E-state index in [2.05, 4.69) is 16.1 Å². The number of nitrogens with zero attached hydrogens (tertiary/aromatic N) is 3. The average Bonchev–Trinajstić information content (AvgIpc) is 2.95. The summed E-state index contributed by atoms with van der Waals surface area (Å²) < 4.78 is 5.19. The number of hydrogen-bond donors (Lipinski definition) is 4. The van der Waals surface area contributed by atoms with Gasteiger partial charge in [0.25, 0.3) is 11.8 Å². The molecule has 2 aliphatic rings. The standard InChI is InChI=1S/C26H35N7O7/c1-17(29-26(39)31-11-13-40-14-12-31)24(37)28-18(2)25(38)30-33(16-21(27)34)23(36)8-7-22(35)32-10-9-19-5-3-4-6-20(19)15-32/h3-8,17-18H,9-16H2,1-2H3,(H2,27,34)(H,28,37)(H,29,39)(H,30,38)/b8-7+/t17-,18-/m0/s1. The maximum atomic E-state index is 12.7. The first-order valence-corrected chi connectivity index (χ1v) is 12.9. The van der Waals surface area contributed by atoms with E-state index in [1.807, 2.05) is 24.3 Å². The summed E-state index contributed by atoms with van der Waals surface area (Å²) in [5.74, 6) is -3.62. The quantitative estimate of drug-likeness (QED) is 0.219. The fourth-order valence-corrected chi connectivity index (χ4v) is 4.09. The molecule has 14 nitrogen and oxygen atoms in total. The first-order chi connectivity index (χ1) is 19.0. The lowest BCUT2D eigenvalue weighted by molar-refractivity contribution is -0.142. The van der Waals surface area contributed by atoms with Gasteiger partial charge in [-0.3, -0.25) is 29.4 Å². The van der Waals surface area contributed by atoms with E-state index in [4.69, 9.17) is 10.5 Å². The van der Waals surface area contributed by atoms with Crippen molar-refractivity contribution < 1.29 is 33.5 Å². The highest BCUT2D eigenvalue weighted by atomic mass is 16.5. The molecule has 216 valence electrons. The van der Waals surface area contributed by atoms with Crippen molar-refractivity contribution in [1.82, 2.24) is 30.9 Å². The third-order valence-corrected chi connectivity index (χ3v) is 6.42. The molecule has 2 aliphatic heterocycles. The Morgan fingerprint density at radius 3 is 2.25 bits per heavy atom. The van der Waals surface area contributed by atoms with Crippen LogP contribution in [0.5, 0.6) is 0 Å². The van der Waals surface area contributed by atoms with Gasteiger partial charge in [0.05, 0.1) is 13.2 Å². The van der Waals surface area contributed by atoms with Crippen LogP contribution in [0.1, 0.15) is 25.0 Å². The summed E-state index contributed by atoms with van der Waals surface area (Å²) in [6.07, 6.45) is 2.70. The van der Waals surface area contributed by atoms with Crippen molar-refractivity contribution in [2.75, 3.05) is 39.4 Å². The van der Waals surface area contributed by atoms with Crippen molar-refractivity contribution in [3.63, 3.8) is 0 Å². The molecular weight excluding hydrogens is 522 g/mol. The minimum Gasteiger partial charge on any atom is -0.378 e. The van der Waals surface area contributed by atoms with Gasteiger partial charge in [-0.2, -0.15) is 0 Å². The SMILES string of the molecule is C[C@H](NC(=O)[C@H](C)NC(=O)N1CCOCC1)C(=O)NN(CC(N)=O)C(=O)/C=C/C(=O)N1CCc2ccccc2C1. The van der Waals surface area contributed by atoms with E-state index in [-0.39, 0.29) is 0 Å². The lowest BCUT2D eigenvalue weighted by atomic mass is 10.00. The predicted octanol–water partition coefficient (Wildman–Crippen LogP) is -1.59. The molecule has 2 atom stereocenters. The molecule has 1 aromatic carbocycles. The second-order valence-electron chi connectivity index (χ2n) is 9.48. The van der Waals surface area contributed by atoms with Gasteiger partial charge >= 0.3 is 6.03 Å². The molecule has 0 aliphatic carbocycles. The summed E-state index contributed by atoms with van der Waals surface area (Å²) in [7, 11) is 0. The van der Waals surface area contributed by atoms with Gasteiger partial charge in [0.2, 0.25) is 17.7 Å². The van der Waals surface area contributed by atoms with Crippen LogP contribution in [0.3, 0.4) is 0 Å². The van der Waals surface area contributed by atoms with E-state index in [1.54, 1.807) is 4.90 Å². The third kappa shape index (κ3) is 8.53. The van der Waals surface area contributed by atoms with E-state index in [0.29, 0.717) is 50.8 Å². The zero-order valence-electron chi connectivity index (χ0n) is 22.6. The first-order valence-electron chi connectivity index (χ1n) is 12.9. The summed E-state index contributed by atoms with van der Waals surface area (Å²) in [5, 5.41) is 5.66. The van der Waals surface area contributed by atoms with E-state index < -0.39 is 54.2 Å². The van der Waals surface area contributed by atoms with Crippen LogP contribution in [-0.2, 0) is 41.7 Å². The van der Waals surface area contributed by atoms with Crippen molar-refractivity contribution >= 4 is 35.6 Å². The van der Waals surface area contributed by atoms with Crippen LogP contribution in [0.4, 0.5) is 4.79 Å². The number of rotatable bonds is 8. The highest BCUT2D eigenvalue weighted by Gasteiger charge is 2.26. The summed E-state index contributed by atoms with van der Waals surface area (Å²) in [6.45, 7) is 4.66. The van der Waals surface area contributed by atoms with Gasteiger partial charge in [0.15, 0.2) is 0 Å². The van der Waals surface area contributed by atoms with Crippen LogP contribution in [0, 0.1) is 0 Å². The Labute approximate surface area is 231 Å². The Hall–Kier alpha value is -4.46. The summed E-state index contributed by atoms with van der Waals surface area (Å²) in [6, 6.07) is 5.24. The summed E-state index contributed by atoms with van der Waals surface area (Å²) in [4.78, 5) is 77.5. The van der Waals surface area contributed by atoms with Gasteiger partial charge in [-0.05, 0) is 31.4 Å². The Morgan fingerprint density at radius 1 is 0.925 bits per heavy atom. The number of nitrogens with one attached hydrogen (secondary N) is 3. The Balaban J connectivity index is 1.52. The average molecular weight is 558 g/mol. The van der Waals surface area contributed by atoms with Crippen molar-refractivity contribution in [1.29, 1.82) is 0 Å². The lowest BCUT2D eigenvalue weighted by Gasteiger charge is -2.28. The van der Waals surface area contributed by atoms with Gasteiger partial charge in [-0.1, -0.05) is 24.3 Å². The topological polar surface area (TPSA) is 183 Å². The minimum absolute atomic E-state index is 0.398. The van der Waals surface area contributed by atoms with Crippen LogP contribution in [0.25, 0.3) is 0 Å². The van der Waals surface area contributed by atoms with Crippen LogP contribution in [0.15, 0.2) is 36.4 Å². The smallest absolute Gasteiger partial charge is 0.318 e. The maximum Gasteiger partial charge on any atom is 0.318 e. The Kier molecular flexibility index (Phi) is 10.6. The van der Waals surface area contributed by atoms with E-state index >= 15 is 0 Å². The molecule has 14 heteroatoms. The number of ether oxygens (including phenoxy) is 1. The zero-order chi connectivity index (χ0) is 29.2. The van der Waals surface area contributed by atoms with Gasteiger partial charge in [-0.15, -0.1) is 0 Å². The van der Waals surface area contributed by atoms with E-state index in [1.165, 1.54) is 18.7 Å². The number of hydrogen-bond acceptors (Lipinski definition) is 7. The number of fused-ring (bicyclic) bond motifs is 1. The molecule has 0 aromatic heterocycles. The third-order valence-electron chi connectivity index (χ3n) is 6.42. The monoisotopic (exact) mass is 557 g/mol. The number of amides is 7. The highest BCUT2D eigenvalue weighted by molar-refractivity contribution is 5.99. The van der Waals surface area contributed by atoms with E-state index in [9.17, 15) is 28.8 Å². The molecule has 0 saturated carbocycles. The minimum atomic E-state index is -1.14. The summed E-state index contributed by atoms with van der Waals surface area (Å²) >= 11 is 0.